The summed E-state index contributed by atoms with van der Waals surface area (Å²) >= 11 is 0. The predicted molar refractivity (Wildman–Crippen MR) is 96.8 cm³/mol. The van der Waals surface area contributed by atoms with Crippen LogP contribution < -0.4 is 30.4 Å². The van der Waals surface area contributed by atoms with Gasteiger partial charge in [0.25, 0.3) is 5.91 Å². The van der Waals surface area contributed by atoms with Gasteiger partial charge in [-0.3, -0.25) is 25.2 Å². The van der Waals surface area contributed by atoms with Crippen molar-refractivity contribution in [2.24, 2.45) is 0 Å². The highest BCUT2D eigenvalue weighted by atomic mass is 16.5. The lowest BCUT2D eigenvalue weighted by Gasteiger charge is -2.12. The number of anilines is 1. The average molecular weight is 373 g/mol. The van der Waals surface area contributed by atoms with E-state index in [2.05, 4.69) is 10.7 Å². The van der Waals surface area contributed by atoms with Crippen molar-refractivity contribution < 1.29 is 28.6 Å². The highest BCUT2D eigenvalue weighted by molar-refractivity contribution is 6.39. The zero-order chi connectivity index (χ0) is 19.8. The third-order valence-electron chi connectivity index (χ3n) is 3.50. The Balaban J connectivity index is 1.98. The van der Waals surface area contributed by atoms with Gasteiger partial charge in [-0.15, -0.1) is 0 Å². The van der Waals surface area contributed by atoms with Crippen molar-refractivity contribution in [3.63, 3.8) is 0 Å². The Labute approximate surface area is 155 Å². The van der Waals surface area contributed by atoms with Gasteiger partial charge in [0, 0.05) is 6.07 Å². The van der Waals surface area contributed by atoms with Gasteiger partial charge in [-0.05, 0) is 24.3 Å². The quantitative estimate of drug-likeness (QED) is 0.534. The van der Waals surface area contributed by atoms with Crippen molar-refractivity contribution in [1.82, 2.24) is 10.9 Å². The average Bonchev–Trinajstić information content (AvgIpc) is 2.71. The van der Waals surface area contributed by atoms with Crippen LogP contribution in [0.25, 0.3) is 0 Å². The van der Waals surface area contributed by atoms with E-state index in [0.29, 0.717) is 17.2 Å². The molecule has 2 aromatic carbocycles. The molecule has 0 bridgehead atoms. The van der Waals surface area contributed by atoms with Crippen molar-refractivity contribution >= 4 is 23.4 Å². The van der Waals surface area contributed by atoms with Gasteiger partial charge in [-0.25, -0.2) is 0 Å². The second kappa shape index (κ2) is 9.09. The molecule has 0 fully saturated rings. The van der Waals surface area contributed by atoms with Crippen LogP contribution in [0, 0.1) is 0 Å². The van der Waals surface area contributed by atoms with Crippen molar-refractivity contribution in [1.29, 1.82) is 0 Å². The lowest BCUT2D eigenvalue weighted by molar-refractivity contribution is -0.136. The summed E-state index contributed by atoms with van der Waals surface area (Å²) in [4.78, 5) is 36.1. The third-order valence-corrected chi connectivity index (χ3v) is 3.50. The number of rotatable bonds is 5. The number of carbonyl (C=O) groups is 3. The Morgan fingerprint density at radius 3 is 2.15 bits per heavy atom. The number of nitrogens with one attached hydrogen (secondary N) is 3. The maximum Gasteiger partial charge on any atom is 0.328 e. The molecule has 0 saturated heterocycles. The molecule has 0 spiro atoms. The molecular formula is C18H19N3O6. The van der Waals surface area contributed by atoms with Crippen molar-refractivity contribution in [3.05, 3.63) is 48.0 Å². The normalized spacial score (nSPS) is 9.74. The third kappa shape index (κ3) is 4.88. The Bertz CT molecular complexity index is 853. The molecule has 0 aliphatic carbocycles. The SMILES string of the molecule is COc1ccc(NC(=O)C(=O)NNC(=O)c2ccccc2OC)c(OC)c1. The van der Waals surface area contributed by atoms with E-state index in [1.54, 1.807) is 30.3 Å². The maximum absolute atomic E-state index is 12.1. The van der Waals surface area contributed by atoms with E-state index in [1.165, 1.54) is 33.5 Å². The highest BCUT2D eigenvalue weighted by Crippen LogP contribution is 2.28. The van der Waals surface area contributed by atoms with E-state index < -0.39 is 17.7 Å². The predicted octanol–water partition coefficient (Wildman–Crippen LogP) is 1.11. The number of hydrazine groups is 1. The van der Waals surface area contributed by atoms with Gasteiger partial charge in [-0.2, -0.15) is 0 Å². The fourth-order valence-corrected chi connectivity index (χ4v) is 2.15. The summed E-state index contributed by atoms with van der Waals surface area (Å²) in [6.07, 6.45) is 0. The second-order valence-corrected chi connectivity index (χ2v) is 5.13. The van der Waals surface area contributed by atoms with Crippen LogP contribution in [-0.4, -0.2) is 39.1 Å². The van der Waals surface area contributed by atoms with E-state index in [4.69, 9.17) is 14.2 Å². The highest BCUT2D eigenvalue weighted by Gasteiger charge is 2.18. The van der Waals surface area contributed by atoms with Gasteiger partial charge in [0.1, 0.15) is 17.2 Å². The molecular weight excluding hydrogens is 354 g/mol. The van der Waals surface area contributed by atoms with Gasteiger partial charge in [0.05, 0.1) is 32.6 Å². The van der Waals surface area contributed by atoms with Crippen LogP contribution in [-0.2, 0) is 9.59 Å². The van der Waals surface area contributed by atoms with Crippen molar-refractivity contribution in [2.75, 3.05) is 26.6 Å². The number of ether oxygens (including phenoxy) is 3. The molecule has 0 aliphatic rings. The monoisotopic (exact) mass is 373 g/mol. The minimum absolute atomic E-state index is 0.206. The minimum Gasteiger partial charge on any atom is -0.497 e. The largest absolute Gasteiger partial charge is 0.497 e. The van der Waals surface area contributed by atoms with Gasteiger partial charge in [0.15, 0.2) is 0 Å². The molecule has 2 rings (SSSR count). The van der Waals surface area contributed by atoms with Crippen LogP contribution in [0.5, 0.6) is 17.2 Å². The number of amides is 3. The number of carbonyl (C=O) groups excluding carboxylic acids is 3. The fraction of sp³-hybridized carbons (Fsp3) is 0.167. The molecule has 9 heteroatoms. The molecule has 3 N–H and O–H groups in total. The fourth-order valence-electron chi connectivity index (χ4n) is 2.15. The molecule has 0 radical (unpaired) electrons. The van der Waals surface area contributed by atoms with Gasteiger partial charge >= 0.3 is 11.8 Å². The van der Waals surface area contributed by atoms with Crippen LogP contribution in [0.15, 0.2) is 42.5 Å². The van der Waals surface area contributed by atoms with Crippen molar-refractivity contribution in [3.8, 4) is 17.2 Å². The summed E-state index contributed by atoms with van der Waals surface area (Å²) in [5, 5.41) is 2.39. The molecule has 0 heterocycles. The number of benzene rings is 2. The molecule has 27 heavy (non-hydrogen) atoms. The number of methoxy groups -OCH3 is 3. The topological polar surface area (TPSA) is 115 Å². The van der Waals surface area contributed by atoms with E-state index in [0.717, 1.165) is 0 Å². The lowest BCUT2D eigenvalue weighted by atomic mass is 10.2. The van der Waals surface area contributed by atoms with Crippen LogP contribution >= 0.6 is 0 Å². The molecule has 2 aromatic rings. The maximum atomic E-state index is 12.1. The first-order valence-corrected chi connectivity index (χ1v) is 7.76. The first-order valence-electron chi connectivity index (χ1n) is 7.76. The van der Waals surface area contributed by atoms with Crippen LogP contribution in [0.1, 0.15) is 10.4 Å². The number of hydrogen-bond donors (Lipinski definition) is 3. The van der Waals surface area contributed by atoms with Gasteiger partial charge in [-0.1, -0.05) is 12.1 Å². The molecule has 0 unspecified atom stereocenters. The first kappa shape index (κ1) is 19.6. The Morgan fingerprint density at radius 2 is 1.48 bits per heavy atom. The van der Waals surface area contributed by atoms with Crippen LogP contribution in [0.4, 0.5) is 5.69 Å². The summed E-state index contributed by atoms with van der Waals surface area (Å²) < 4.78 is 15.3. The second-order valence-electron chi connectivity index (χ2n) is 5.13. The first-order chi connectivity index (χ1) is 13.0. The van der Waals surface area contributed by atoms with E-state index in [-0.39, 0.29) is 11.3 Å². The van der Waals surface area contributed by atoms with Gasteiger partial charge < -0.3 is 19.5 Å². The summed E-state index contributed by atoms with van der Waals surface area (Å²) in [5.74, 6) is -1.51. The number of para-hydroxylation sites is 1. The smallest absolute Gasteiger partial charge is 0.328 e. The summed E-state index contributed by atoms with van der Waals surface area (Å²) in [6.45, 7) is 0. The summed E-state index contributed by atoms with van der Waals surface area (Å²) in [6, 6.07) is 11.1. The lowest BCUT2D eigenvalue weighted by Crippen LogP contribution is -2.46. The summed E-state index contributed by atoms with van der Waals surface area (Å²) in [5.41, 5.74) is 4.68. The molecule has 0 atom stereocenters. The number of hydrogen-bond acceptors (Lipinski definition) is 6. The van der Waals surface area contributed by atoms with Crippen LogP contribution in [0.2, 0.25) is 0 Å². The standard InChI is InChI=1S/C18H19N3O6/c1-25-11-8-9-13(15(10-11)27-3)19-17(23)18(24)21-20-16(22)12-6-4-5-7-14(12)26-2/h4-10H,1-3H3,(H,19,23)(H,20,22)(H,21,24). The zero-order valence-electron chi connectivity index (χ0n) is 15.0. The van der Waals surface area contributed by atoms with E-state index in [1.807, 2.05) is 5.43 Å². The Hall–Kier alpha value is -3.75. The van der Waals surface area contributed by atoms with E-state index in [9.17, 15) is 14.4 Å². The molecule has 9 nitrogen and oxygen atoms in total. The molecule has 0 aromatic heterocycles. The Kier molecular flexibility index (Phi) is 6.59. The van der Waals surface area contributed by atoms with Crippen LogP contribution in [0.3, 0.4) is 0 Å². The van der Waals surface area contributed by atoms with Gasteiger partial charge in [0.2, 0.25) is 0 Å². The van der Waals surface area contributed by atoms with Crippen molar-refractivity contribution in [2.45, 2.75) is 0 Å². The summed E-state index contributed by atoms with van der Waals surface area (Å²) in [7, 11) is 4.32. The molecule has 142 valence electrons. The minimum atomic E-state index is -1.06. The molecule has 0 aliphatic heterocycles. The van der Waals surface area contributed by atoms with E-state index >= 15 is 0 Å². The Morgan fingerprint density at radius 1 is 0.778 bits per heavy atom. The molecule has 3 amide bonds. The zero-order valence-corrected chi connectivity index (χ0v) is 15.0. The molecule has 0 saturated carbocycles.